The van der Waals surface area contributed by atoms with Gasteiger partial charge in [0.05, 0.1) is 16.5 Å². The summed E-state index contributed by atoms with van der Waals surface area (Å²) in [4.78, 5) is 12.5. The van der Waals surface area contributed by atoms with Crippen LogP contribution in [0, 0.1) is 0 Å². The number of nitrogens with one attached hydrogen (secondary N) is 1. The number of sulfone groups is 1. The van der Waals surface area contributed by atoms with Crippen molar-refractivity contribution in [3.8, 4) is 0 Å². The van der Waals surface area contributed by atoms with Gasteiger partial charge in [0.15, 0.2) is 9.84 Å². The zero-order chi connectivity index (χ0) is 17.3. The minimum Gasteiger partial charge on any atom is -0.459 e. The lowest BCUT2D eigenvalue weighted by Crippen LogP contribution is -2.27. The van der Waals surface area contributed by atoms with Gasteiger partial charge in [0.25, 0.3) is 5.91 Å². The summed E-state index contributed by atoms with van der Waals surface area (Å²) in [6.07, 6.45) is 1.09. The van der Waals surface area contributed by atoms with E-state index in [1.54, 1.807) is 19.1 Å². The molecule has 24 heavy (non-hydrogen) atoms. The highest BCUT2D eigenvalue weighted by molar-refractivity contribution is 7.90. The predicted octanol–water partition coefficient (Wildman–Crippen LogP) is 3.33. The summed E-state index contributed by atoms with van der Waals surface area (Å²) in [5, 5.41) is 3.74. The topological polar surface area (TPSA) is 76.4 Å². The van der Waals surface area contributed by atoms with Crippen LogP contribution >= 0.6 is 0 Å². The molecule has 1 unspecified atom stereocenters. The number of fused-ring (bicyclic) bond motifs is 1. The van der Waals surface area contributed by atoms with E-state index < -0.39 is 21.8 Å². The number of hydrogen-bond acceptors (Lipinski definition) is 4. The molecule has 0 aliphatic rings. The summed E-state index contributed by atoms with van der Waals surface area (Å²) >= 11 is 0. The van der Waals surface area contributed by atoms with Crippen molar-refractivity contribution in [1.82, 2.24) is 5.32 Å². The van der Waals surface area contributed by atoms with Crippen molar-refractivity contribution in [3.63, 3.8) is 0 Å². The number of carbonyl (C=O) groups excluding carboxylic acids is 1. The Morgan fingerprint density at radius 2 is 1.75 bits per heavy atom. The second-order valence-corrected chi connectivity index (χ2v) is 7.63. The van der Waals surface area contributed by atoms with Crippen molar-refractivity contribution < 1.29 is 17.6 Å². The van der Waals surface area contributed by atoms with Gasteiger partial charge in [-0.2, -0.15) is 0 Å². The molecule has 0 saturated carbocycles. The van der Waals surface area contributed by atoms with E-state index in [0.29, 0.717) is 5.76 Å². The van der Waals surface area contributed by atoms with Crippen LogP contribution in [0.1, 0.15) is 29.1 Å². The number of hydrogen-bond donors (Lipinski definition) is 1. The predicted molar refractivity (Wildman–Crippen MR) is 91.6 cm³/mol. The Morgan fingerprint density at radius 3 is 2.46 bits per heavy atom. The van der Waals surface area contributed by atoms with Gasteiger partial charge in [-0.1, -0.05) is 30.3 Å². The summed E-state index contributed by atoms with van der Waals surface area (Å²) < 4.78 is 29.4. The van der Waals surface area contributed by atoms with Crippen LogP contribution in [0.5, 0.6) is 0 Å². The Hall–Kier alpha value is -2.60. The van der Waals surface area contributed by atoms with Gasteiger partial charge in [-0.25, -0.2) is 8.42 Å². The van der Waals surface area contributed by atoms with Crippen LogP contribution in [-0.2, 0) is 9.84 Å². The molecule has 1 amide bonds. The fraction of sp³-hybridized carbons (Fsp3) is 0.167. The first kappa shape index (κ1) is 16.3. The average Bonchev–Trinajstić information content (AvgIpc) is 2.98. The maximum absolute atomic E-state index is 12.5. The summed E-state index contributed by atoms with van der Waals surface area (Å²) in [5.74, 6) is 0.158. The fourth-order valence-corrected chi connectivity index (χ4v) is 3.42. The lowest BCUT2D eigenvalue weighted by Gasteiger charge is -2.13. The van der Waals surface area contributed by atoms with Gasteiger partial charge in [-0.3, -0.25) is 4.79 Å². The van der Waals surface area contributed by atoms with E-state index in [2.05, 4.69) is 5.32 Å². The van der Waals surface area contributed by atoms with Crippen LogP contribution in [-0.4, -0.2) is 20.6 Å². The highest BCUT2D eigenvalue weighted by atomic mass is 32.2. The normalized spacial score (nSPS) is 12.9. The van der Waals surface area contributed by atoms with Crippen molar-refractivity contribution in [1.29, 1.82) is 0 Å². The molecular weight excluding hydrogens is 326 g/mol. The van der Waals surface area contributed by atoms with Crippen molar-refractivity contribution in [2.75, 3.05) is 6.26 Å². The van der Waals surface area contributed by atoms with Gasteiger partial charge in [0.2, 0.25) is 0 Å². The fourth-order valence-electron chi connectivity index (χ4n) is 2.54. The summed E-state index contributed by atoms with van der Waals surface area (Å²) in [7, 11) is -3.48. The van der Waals surface area contributed by atoms with Gasteiger partial charge in [0, 0.05) is 11.6 Å². The largest absolute Gasteiger partial charge is 0.459 e. The van der Waals surface area contributed by atoms with E-state index in [4.69, 9.17) is 4.42 Å². The van der Waals surface area contributed by atoms with Crippen LogP contribution in [0.2, 0.25) is 0 Å². The lowest BCUT2D eigenvalue weighted by atomic mass is 10.1. The molecule has 2 aromatic carbocycles. The molecule has 3 rings (SSSR count). The molecule has 1 aromatic heterocycles. The monoisotopic (exact) mass is 343 g/mol. The standard InChI is InChI=1S/C18H17NO4S/c1-12(16-11-13-7-3-5-9-15(13)23-16)19-18(20)14-8-4-6-10-17(14)24(2,21)22/h3-12H,1-2H3,(H,19,20). The summed E-state index contributed by atoms with van der Waals surface area (Å²) in [6.45, 7) is 1.79. The van der Waals surface area contributed by atoms with E-state index >= 15 is 0 Å². The molecule has 0 saturated heterocycles. The van der Waals surface area contributed by atoms with Crippen molar-refractivity contribution in [3.05, 3.63) is 65.9 Å². The lowest BCUT2D eigenvalue weighted by molar-refractivity contribution is 0.0932. The summed E-state index contributed by atoms with van der Waals surface area (Å²) in [6, 6.07) is 15.2. The van der Waals surface area contributed by atoms with E-state index in [1.807, 2.05) is 30.3 Å². The molecule has 1 N–H and O–H groups in total. The summed E-state index contributed by atoms with van der Waals surface area (Å²) in [5.41, 5.74) is 0.869. The Balaban J connectivity index is 1.87. The Labute approximate surface area is 140 Å². The average molecular weight is 343 g/mol. The molecule has 6 heteroatoms. The highest BCUT2D eigenvalue weighted by Crippen LogP contribution is 2.24. The molecule has 1 heterocycles. The van der Waals surface area contributed by atoms with E-state index in [9.17, 15) is 13.2 Å². The van der Waals surface area contributed by atoms with Crippen LogP contribution in [0.4, 0.5) is 0 Å². The molecule has 124 valence electrons. The smallest absolute Gasteiger partial charge is 0.253 e. The minimum atomic E-state index is -3.48. The second kappa shape index (κ2) is 6.13. The third-order valence-corrected chi connectivity index (χ3v) is 4.91. The molecule has 0 spiro atoms. The number of para-hydroxylation sites is 1. The zero-order valence-electron chi connectivity index (χ0n) is 13.3. The first-order valence-electron chi connectivity index (χ1n) is 7.44. The van der Waals surface area contributed by atoms with Crippen molar-refractivity contribution in [2.24, 2.45) is 0 Å². The first-order valence-corrected chi connectivity index (χ1v) is 9.34. The number of amides is 1. The molecule has 5 nitrogen and oxygen atoms in total. The van der Waals surface area contributed by atoms with Crippen LogP contribution in [0.15, 0.2) is 63.9 Å². The molecule has 0 radical (unpaired) electrons. The van der Waals surface area contributed by atoms with Crippen LogP contribution in [0.25, 0.3) is 11.0 Å². The number of rotatable bonds is 4. The molecule has 1 atom stereocenters. The van der Waals surface area contributed by atoms with E-state index in [1.165, 1.54) is 12.1 Å². The maximum Gasteiger partial charge on any atom is 0.253 e. The van der Waals surface area contributed by atoms with E-state index in [0.717, 1.165) is 17.2 Å². The van der Waals surface area contributed by atoms with Crippen LogP contribution in [0.3, 0.4) is 0 Å². The molecule has 0 aliphatic heterocycles. The van der Waals surface area contributed by atoms with Gasteiger partial charge in [0.1, 0.15) is 11.3 Å². The van der Waals surface area contributed by atoms with Gasteiger partial charge >= 0.3 is 0 Å². The van der Waals surface area contributed by atoms with Crippen molar-refractivity contribution >= 4 is 26.7 Å². The number of carbonyl (C=O) groups is 1. The molecule has 0 aliphatic carbocycles. The molecule has 0 fully saturated rings. The zero-order valence-corrected chi connectivity index (χ0v) is 14.1. The van der Waals surface area contributed by atoms with E-state index in [-0.39, 0.29) is 10.5 Å². The van der Waals surface area contributed by atoms with Crippen molar-refractivity contribution in [2.45, 2.75) is 17.9 Å². The number of benzene rings is 2. The molecule has 0 bridgehead atoms. The third-order valence-electron chi connectivity index (χ3n) is 3.75. The first-order chi connectivity index (χ1) is 11.4. The van der Waals surface area contributed by atoms with Crippen LogP contribution < -0.4 is 5.32 Å². The number of furan rings is 1. The Morgan fingerprint density at radius 1 is 1.08 bits per heavy atom. The Bertz CT molecular complexity index is 972. The van der Waals surface area contributed by atoms with Gasteiger partial charge in [-0.15, -0.1) is 0 Å². The van der Waals surface area contributed by atoms with Gasteiger partial charge < -0.3 is 9.73 Å². The third kappa shape index (κ3) is 3.19. The van der Waals surface area contributed by atoms with Gasteiger partial charge in [-0.05, 0) is 31.2 Å². The maximum atomic E-state index is 12.5. The molecule has 3 aromatic rings. The quantitative estimate of drug-likeness (QED) is 0.788. The Kier molecular flexibility index (Phi) is 4.15. The second-order valence-electron chi connectivity index (χ2n) is 5.65. The minimum absolute atomic E-state index is 0.0132. The highest BCUT2D eigenvalue weighted by Gasteiger charge is 2.21. The SMILES string of the molecule is CC(NC(=O)c1ccccc1S(C)(=O)=O)c1cc2ccccc2o1. The molecular formula is C18H17NO4S.